The summed E-state index contributed by atoms with van der Waals surface area (Å²) in [5, 5.41) is 7.78. The Labute approximate surface area is 254 Å². The first kappa shape index (κ1) is 28.8. The molecule has 10 heteroatoms. The average molecular weight is 601 g/mol. The van der Waals surface area contributed by atoms with Crippen LogP contribution >= 0.6 is 11.8 Å². The second-order valence-corrected chi connectivity index (χ2v) is 12.9. The number of nitrogens with zero attached hydrogens (tertiary/aromatic N) is 3. The molecule has 0 radical (unpaired) electrons. The summed E-state index contributed by atoms with van der Waals surface area (Å²) in [6.07, 6.45) is 0. The summed E-state index contributed by atoms with van der Waals surface area (Å²) in [7, 11) is 0. The number of nitrogens with one attached hydrogen (secondary N) is 1. The van der Waals surface area contributed by atoms with E-state index >= 15 is 0 Å². The van der Waals surface area contributed by atoms with Gasteiger partial charge in [0, 0.05) is 17.5 Å². The maximum Gasteiger partial charge on any atom is 0.240 e. The van der Waals surface area contributed by atoms with Crippen LogP contribution in [0.15, 0.2) is 66.7 Å². The fourth-order valence-corrected chi connectivity index (χ4v) is 6.54. The molecule has 8 nitrogen and oxygen atoms in total. The Kier molecular flexibility index (Phi) is 7.64. The smallest absolute Gasteiger partial charge is 0.240 e. The molecule has 0 spiro atoms. The van der Waals surface area contributed by atoms with E-state index in [0.717, 1.165) is 33.6 Å². The van der Waals surface area contributed by atoms with Crippen LogP contribution in [0.4, 0.5) is 10.2 Å². The van der Waals surface area contributed by atoms with Crippen molar-refractivity contribution in [3.8, 4) is 17.2 Å². The molecular formula is C33H33FN4O4S. The second-order valence-electron chi connectivity index (χ2n) is 11.8. The first-order valence-electron chi connectivity index (χ1n) is 14.1. The van der Waals surface area contributed by atoms with Gasteiger partial charge in [0.15, 0.2) is 11.5 Å². The fourth-order valence-electron chi connectivity index (χ4n) is 5.35. The minimum Gasteiger partial charge on any atom is -0.454 e. The number of amides is 2. The van der Waals surface area contributed by atoms with Gasteiger partial charge in [0.05, 0.1) is 22.4 Å². The number of thioether (sulfide) groups is 1. The molecule has 1 aromatic heterocycles. The van der Waals surface area contributed by atoms with Crippen LogP contribution in [0.1, 0.15) is 54.0 Å². The van der Waals surface area contributed by atoms with Crippen LogP contribution in [0.3, 0.4) is 0 Å². The number of hydrogen-bond acceptors (Lipinski definition) is 6. The Morgan fingerprint density at radius 3 is 2.58 bits per heavy atom. The molecule has 3 heterocycles. The van der Waals surface area contributed by atoms with Gasteiger partial charge in [0.25, 0.3) is 0 Å². The molecule has 0 bridgehead atoms. The Morgan fingerprint density at radius 2 is 1.84 bits per heavy atom. The number of rotatable bonds is 6. The summed E-state index contributed by atoms with van der Waals surface area (Å²) in [4.78, 5) is 28.8. The average Bonchev–Trinajstić information content (AvgIpc) is 3.58. The van der Waals surface area contributed by atoms with E-state index in [9.17, 15) is 14.0 Å². The number of fused-ring (bicyclic) bond motifs is 2. The Hall–Kier alpha value is -4.31. The summed E-state index contributed by atoms with van der Waals surface area (Å²) in [6, 6.07) is 19.8. The van der Waals surface area contributed by atoms with E-state index in [1.54, 1.807) is 21.7 Å². The minimum atomic E-state index is -0.377. The van der Waals surface area contributed by atoms with Crippen LogP contribution in [0.25, 0.3) is 5.69 Å². The molecule has 43 heavy (non-hydrogen) atoms. The molecule has 0 saturated heterocycles. The molecule has 4 aromatic rings. The highest BCUT2D eigenvalue weighted by atomic mass is 32.2. The van der Waals surface area contributed by atoms with E-state index in [2.05, 4.69) is 26.1 Å². The van der Waals surface area contributed by atoms with Crippen molar-refractivity contribution in [3.63, 3.8) is 0 Å². The van der Waals surface area contributed by atoms with Crippen LogP contribution in [0, 0.1) is 12.7 Å². The van der Waals surface area contributed by atoms with Gasteiger partial charge >= 0.3 is 0 Å². The van der Waals surface area contributed by atoms with Crippen LogP contribution in [0.5, 0.6) is 11.5 Å². The van der Waals surface area contributed by atoms with Crippen molar-refractivity contribution >= 4 is 29.4 Å². The number of carbonyl (C=O) groups is 2. The van der Waals surface area contributed by atoms with Gasteiger partial charge in [-0.2, -0.15) is 5.10 Å². The number of anilines is 1. The number of aromatic nitrogens is 2. The van der Waals surface area contributed by atoms with Crippen molar-refractivity contribution in [3.05, 3.63) is 100 Å². The van der Waals surface area contributed by atoms with Gasteiger partial charge in [0.1, 0.15) is 18.2 Å². The molecule has 1 atom stereocenters. The minimum absolute atomic E-state index is 0.163. The zero-order valence-corrected chi connectivity index (χ0v) is 25.3. The largest absolute Gasteiger partial charge is 0.454 e. The highest BCUT2D eigenvalue weighted by Crippen LogP contribution is 2.49. The Morgan fingerprint density at radius 1 is 1.07 bits per heavy atom. The quantitative estimate of drug-likeness (QED) is 0.300. The molecule has 6 rings (SSSR count). The van der Waals surface area contributed by atoms with Crippen molar-refractivity contribution in [1.29, 1.82) is 0 Å². The molecule has 2 aliphatic rings. The van der Waals surface area contributed by atoms with E-state index < -0.39 is 0 Å². The number of halogens is 1. The Balaban J connectivity index is 1.47. The lowest BCUT2D eigenvalue weighted by Gasteiger charge is -2.24. The van der Waals surface area contributed by atoms with Crippen LogP contribution < -0.4 is 19.7 Å². The maximum absolute atomic E-state index is 13.9. The first-order valence-corrected chi connectivity index (χ1v) is 15.2. The van der Waals surface area contributed by atoms with E-state index in [1.165, 1.54) is 23.9 Å². The highest BCUT2D eigenvalue weighted by Gasteiger charge is 2.40. The highest BCUT2D eigenvalue weighted by molar-refractivity contribution is 8.00. The monoisotopic (exact) mass is 600 g/mol. The first-order chi connectivity index (χ1) is 20.6. The standard InChI is InChI=1S/C33H33FN4O4S/c1-20-6-5-7-24(14-20)38-32-29(31(36-38)33(2,3)4)30(22-10-13-25-26(15-22)42-19-41-25)43-18-28(40)37(32)17-27(39)35-16-21-8-11-23(34)12-9-21/h5-15,30H,16-19H2,1-4H3,(H,35,39). The molecule has 2 amide bonds. The summed E-state index contributed by atoms with van der Waals surface area (Å²) < 4.78 is 26.4. The number of carbonyl (C=O) groups excluding carboxylic acids is 2. The third-order valence-corrected chi connectivity index (χ3v) is 8.70. The molecule has 0 saturated carbocycles. The van der Waals surface area contributed by atoms with Gasteiger partial charge in [-0.05, 0) is 60.0 Å². The summed E-state index contributed by atoms with van der Waals surface area (Å²) in [6.45, 7) is 8.50. The molecule has 1 N–H and O–H groups in total. The number of aryl methyl sites for hydroxylation is 1. The summed E-state index contributed by atoms with van der Waals surface area (Å²) >= 11 is 1.51. The second kappa shape index (κ2) is 11.4. The van der Waals surface area contributed by atoms with Crippen molar-refractivity contribution < 1.29 is 23.5 Å². The van der Waals surface area contributed by atoms with Crippen molar-refractivity contribution in [1.82, 2.24) is 15.1 Å². The lowest BCUT2D eigenvalue weighted by atomic mass is 9.87. The van der Waals surface area contributed by atoms with Gasteiger partial charge < -0.3 is 14.8 Å². The molecule has 2 aliphatic heterocycles. The predicted octanol–water partition coefficient (Wildman–Crippen LogP) is 5.83. The molecule has 0 fully saturated rings. The SMILES string of the molecule is Cc1cccc(-n2nc(C(C)(C)C)c3c2N(CC(=O)NCc2ccc(F)cc2)C(=O)CSC3c2ccc3c(c2)OCO3)c1. The van der Waals surface area contributed by atoms with Gasteiger partial charge in [-0.15, -0.1) is 11.8 Å². The Bertz CT molecular complexity index is 1700. The lowest BCUT2D eigenvalue weighted by Crippen LogP contribution is -2.42. The van der Waals surface area contributed by atoms with Crippen LogP contribution in [-0.4, -0.2) is 40.7 Å². The number of benzene rings is 3. The van der Waals surface area contributed by atoms with Crippen LogP contribution in [-0.2, 0) is 21.5 Å². The zero-order chi connectivity index (χ0) is 30.3. The van der Waals surface area contributed by atoms with E-state index in [0.29, 0.717) is 17.3 Å². The van der Waals surface area contributed by atoms with Crippen LogP contribution in [0.2, 0.25) is 0 Å². The van der Waals surface area contributed by atoms with Crippen molar-refractivity contribution in [2.75, 3.05) is 24.0 Å². The molecule has 0 aliphatic carbocycles. The van der Waals surface area contributed by atoms with Crippen molar-refractivity contribution in [2.45, 2.75) is 44.9 Å². The molecule has 3 aromatic carbocycles. The summed E-state index contributed by atoms with van der Waals surface area (Å²) in [5.41, 5.74) is 4.91. The molecular weight excluding hydrogens is 567 g/mol. The zero-order valence-electron chi connectivity index (χ0n) is 24.5. The third kappa shape index (κ3) is 5.84. The van der Waals surface area contributed by atoms with Crippen molar-refractivity contribution in [2.24, 2.45) is 0 Å². The topological polar surface area (TPSA) is 85.7 Å². The van der Waals surface area contributed by atoms with Gasteiger partial charge in [-0.25, -0.2) is 9.07 Å². The molecule has 222 valence electrons. The number of ether oxygens (including phenoxy) is 2. The lowest BCUT2D eigenvalue weighted by molar-refractivity contribution is -0.123. The maximum atomic E-state index is 13.9. The summed E-state index contributed by atoms with van der Waals surface area (Å²) in [5.74, 6) is 1.22. The van der Waals surface area contributed by atoms with Gasteiger partial charge in [-0.1, -0.05) is 51.1 Å². The molecule has 1 unspecified atom stereocenters. The predicted molar refractivity (Wildman–Crippen MR) is 164 cm³/mol. The third-order valence-electron chi connectivity index (χ3n) is 7.45. The van der Waals surface area contributed by atoms with E-state index in [4.69, 9.17) is 14.6 Å². The number of hydrogen-bond donors (Lipinski definition) is 1. The fraction of sp³-hybridized carbons (Fsp3) is 0.303. The van der Waals surface area contributed by atoms with E-state index in [-0.39, 0.29) is 53.9 Å². The van der Waals surface area contributed by atoms with Gasteiger partial charge in [-0.3, -0.25) is 14.5 Å². The van der Waals surface area contributed by atoms with E-state index in [1.807, 2.05) is 49.4 Å². The van der Waals surface area contributed by atoms with Gasteiger partial charge in [0.2, 0.25) is 18.6 Å². The normalized spacial score (nSPS) is 16.2.